The highest BCUT2D eigenvalue weighted by Gasteiger charge is 2.21. The quantitative estimate of drug-likeness (QED) is 0.818. The third-order valence-corrected chi connectivity index (χ3v) is 2.76. The van der Waals surface area contributed by atoms with Crippen molar-refractivity contribution in [3.63, 3.8) is 0 Å². The highest BCUT2D eigenvalue weighted by molar-refractivity contribution is 6.33. The Morgan fingerprint density at radius 3 is 2.79 bits per heavy atom. The standard InChI is InChI=1S/C10H12ClNO2/c1-13-8-5-7-6(3-4-12-7)10(14-2)9(8)11/h5,12H,3-4H2,1-2H3. The first-order valence-corrected chi connectivity index (χ1v) is 4.83. The molecule has 0 saturated carbocycles. The largest absolute Gasteiger partial charge is 0.495 e. The van der Waals surface area contributed by atoms with E-state index < -0.39 is 0 Å². The minimum atomic E-state index is 0.553. The van der Waals surface area contributed by atoms with Crippen molar-refractivity contribution in [3.8, 4) is 11.5 Å². The van der Waals surface area contributed by atoms with E-state index in [1.807, 2.05) is 6.07 Å². The van der Waals surface area contributed by atoms with Crippen LogP contribution in [-0.2, 0) is 6.42 Å². The topological polar surface area (TPSA) is 30.5 Å². The minimum absolute atomic E-state index is 0.553. The van der Waals surface area contributed by atoms with E-state index in [4.69, 9.17) is 21.1 Å². The fraction of sp³-hybridized carbons (Fsp3) is 0.400. The van der Waals surface area contributed by atoms with E-state index in [1.54, 1.807) is 14.2 Å². The van der Waals surface area contributed by atoms with Gasteiger partial charge in [0.2, 0.25) is 0 Å². The van der Waals surface area contributed by atoms with Gasteiger partial charge in [0.25, 0.3) is 0 Å². The van der Waals surface area contributed by atoms with Gasteiger partial charge in [-0.05, 0) is 6.42 Å². The zero-order valence-electron chi connectivity index (χ0n) is 8.19. The van der Waals surface area contributed by atoms with Crippen LogP contribution in [0.2, 0.25) is 5.02 Å². The molecule has 0 aliphatic carbocycles. The molecule has 0 aromatic heterocycles. The van der Waals surface area contributed by atoms with Crippen LogP contribution in [-0.4, -0.2) is 20.8 Å². The Morgan fingerprint density at radius 1 is 1.36 bits per heavy atom. The molecule has 1 aromatic rings. The Bertz CT molecular complexity index is 365. The van der Waals surface area contributed by atoms with Crippen molar-refractivity contribution in [1.29, 1.82) is 0 Å². The van der Waals surface area contributed by atoms with Gasteiger partial charge in [0.15, 0.2) is 0 Å². The summed E-state index contributed by atoms with van der Waals surface area (Å²) < 4.78 is 10.4. The summed E-state index contributed by atoms with van der Waals surface area (Å²) in [4.78, 5) is 0. The molecule has 3 nitrogen and oxygen atoms in total. The van der Waals surface area contributed by atoms with E-state index in [2.05, 4.69) is 5.32 Å². The van der Waals surface area contributed by atoms with Crippen molar-refractivity contribution in [3.05, 3.63) is 16.7 Å². The summed E-state index contributed by atoms with van der Waals surface area (Å²) in [5.41, 5.74) is 2.20. The van der Waals surface area contributed by atoms with Crippen LogP contribution < -0.4 is 14.8 Å². The van der Waals surface area contributed by atoms with Gasteiger partial charge in [-0.1, -0.05) is 11.6 Å². The minimum Gasteiger partial charge on any atom is -0.495 e. The molecule has 14 heavy (non-hydrogen) atoms. The number of nitrogens with one attached hydrogen (secondary N) is 1. The van der Waals surface area contributed by atoms with Gasteiger partial charge in [-0.2, -0.15) is 0 Å². The first-order valence-electron chi connectivity index (χ1n) is 4.45. The molecule has 1 aliphatic rings. The van der Waals surface area contributed by atoms with Crippen molar-refractivity contribution in [1.82, 2.24) is 0 Å². The van der Waals surface area contributed by atoms with Crippen molar-refractivity contribution < 1.29 is 9.47 Å². The highest BCUT2D eigenvalue weighted by atomic mass is 35.5. The maximum Gasteiger partial charge on any atom is 0.146 e. The van der Waals surface area contributed by atoms with Gasteiger partial charge in [-0.25, -0.2) is 0 Å². The van der Waals surface area contributed by atoms with Crippen LogP contribution in [0, 0.1) is 0 Å². The predicted octanol–water partition coefficient (Wildman–Crippen LogP) is 2.33. The maximum absolute atomic E-state index is 6.11. The van der Waals surface area contributed by atoms with E-state index in [9.17, 15) is 0 Å². The Balaban J connectivity index is 2.60. The van der Waals surface area contributed by atoms with E-state index in [-0.39, 0.29) is 0 Å². The molecular formula is C10H12ClNO2. The lowest BCUT2D eigenvalue weighted by Crippen LogP contribution is -1.94. The lowest BCUT2D eigenvalue weighted by molar-refractivity contribution is 0.393. The van der Waals surface area contributed by atoms with Crippen LogP contribution >= 0.6 is 11.6 Å². The monoisotopic (exact) mass is 213 g/mol. The van der Waals surface area contributed by atoms with Crippen LogP contribution in [0.15, 0.2) is 6.07 Å². The molecule has 0 saturated heterocycles. The number of hydrogen-bond donors (Lipinski definition) is 1. The lowest BCUT2D eigenvalue weighted by Gasteiger charge is -2.12. The van der Waals surface area contributed by atoms with Gasteiger partial charge < -0.3 is 14.8 Å². The molecule has 0 spiro atoms. The second kappa shape index (κ2) is 3.58. The van der Waals surface area contributed by atoms with Crippen molar-refractivity contribution in [2.75, 3.05) is 26.1 Å². The van der Waals surface area contributed by atoms with Crippen LogP contribution in [0.25, 0.3) is 0 Å². The zero-order valence-corrected chi connectivity index (χ0v) is 8.94. The number of anilines is 1. The summed E-state index contributed by atoms with van der Waals surface area (Å²) in [5.74, 6) is 1.38. The second-order valence-electron chi connectivity index (χ2n) is 3.13. The van der Waals surface area contributed by atoms with Crippen LogP contribution in [0.3, 0.4) is 0 Å². The molecule has 0 amide bonds. The maximum atomic E-state index is 6.11. The summed E-state index contributed by atoms with van der Waals surface area (Å²) in [7, 11) is 3.22. The lowest BCUT2D eigenvalue weighted by atomic mass is 10.1. The smallest absolute Gasteiger partial charge is 0.146 e. The third kappa shape index (κ3) is 1.28. The van der Waals surface area contributed by atoms with E-state index in [1.165, 1.54) is 0 Å². The SMILES string of the molecule is COc1cc2c(c(OC)c1Cl)CCN2. The molecular weight excluding hydrogens is 202 g/mol. The molecule has 0 radical (unpaired) electrons. The zero-order chi connectivity index (χ0) is 10.1. The summed E-state index contributed by atoms with van der Waals surface area (Å²) in [5, 5.41) is 3.81. The molecule has 0 unspecified atom stereocenters. The van der Waals surface area contributed by atoms with E-state index in [0.717, 1.165) is 30.0 Å². The molecule has 76 valence electrons. The molecule has 1 aliphatic heterocycles. The Labute approximate surface area is 88.0 Å². The number of rotatable bonds is 2. The summed E-state index contributed by atoms with van der Waals surface area (Å²) in [6, 6.07) is 1.91. The van der Waals surface area contributed by atoms with Gasteiger partial charge in [0.1, 0.15) is 16.5 Å². The first-order chi connectivity index (χ1) is 6.77. The number of hydrogen-bond acceptors (Lipinski definition) is 3. The fourth-order valence-corrected chi connectivity index (χ4v) is 2.06. The number of methoxy groups -OCH3 is 2. The van der Waals surface area contributed by atoms with Gasteiger partial charge in [0, 0.05) is 23.9 Å². The summed E-state index contributed by atoms with van der Waals surface area (Å²) >= 11 is 6.11. The molecule has 4 heteroatoms. The van der Waals surface area contributed by atoms with Crippen molar-refractivity contribution in [2.24, 2.45) is 0 Å². The van der Waals surface area contributed by atoms with Gasteiger partial charge >= 0.3 is 0 Å². The number of benzene rings is 1. The van der Waals surface area contributed by atoms with E-state index in [0.29, 0.717) is 10.8 Å². The first kappa shape index (κ1) is 9.46. The molecule has 0 fully saturated rings. The highest BCUT2D eigenvalue weighted by Crippen LogP contribution is 2.43. The number of fused-ring (bicyclic) bond motifs is 1. The Kier molecular flexibility index (Phi) is 2.42. The van der Waals surface area contributed by atoms with Crippen LogP contribution in [0.4, 0.5) is 5.69 Å². The Morgan fingerprint density at radius 2 is 2.14 bits per heavy atom. The fourth-order valence-electron chi connectivity index (χ4n) is 1.74. The third-order valence-electron chi connectivity index (χ3n) is 2.40. The van der Waals surface area contributed by atoms with Gasteiger partial charge in [-0.3, -0.25) is 0 Å². The van der Waals surface area contributed by atoms with Crippen LogP contribution in [0.5, 0.6) is 11.5 Å². The number of ether oxygens (including phenoxy) is 2. The molecule has 0 atom stereocenters. The average molecular weight is 214 g/mol. The average Bonchev–Trinajstić information content (AvgIpc) is 2.64. The number of halogens is 1. The molecule has 0 bridgehead atoms. The molecule has 1 aromatic carbocycles. The second-order valence-corrected chi connectivity index (χ2v) is 3.51. The van der Waals surface area contributed by atoms with E-state index >= 15 is 0 Å². The normalized spacial score (nSPS) is 13.4. The van der Waals surface area contributed by atoms with Crippen LogP contribution in [0.1, 0.15) is 5.56 Å². The van der Waals surface area contributed by atoms with Crippen molar-refractivity contribution >= 4 is 17.3 Å². The Hall–Kier alpha value is -1.09. The predicted molar refractivity (Wildman–Crippen MR) is 56.7 cm³/mol. The van der Waals surface area contributed by atoms with Gasteiger partial charge in [0.05, 0.1) is 14.2 Å². The molecule has 2 rings (SSSR count). The van der Waals surface area contributed by atoms with Crippen molar-refractivity contribution in [2.45, 2.75) is 6.42 Å². The van der Waals surface area contributed by atoms with Gasteiger partial charge in [-0.15, -0.1) is 0 Å². The molecule has 1 heterocycles. The summed E-state index contributed by atoms with van der Waals surface area (Å²) in [6.45, 7) is 0.926. The summed E-state index contributed by atoms with van der Waals surface area (Å²) in [6.07, 6.45) is 0.947. The molecule has 1 N–H and O–H groups in total.